The number of rotatable bonds is 7. The molecule has 0 saturated heterocycles. The SMILES string of the molecule is CCONc1nc(-c2cn(CCOC)nn2)nc2nc[nH]c12. The minimum Gasteiger partial charge on any atom is -0.383 e. The average Bonchev–Trinajstić information content (AvgIpc) is 3.19. The van der Waals surface area contributed by atoms with Crippen molar-refractivity contribution in [2.75, 3.05) is 25.8 Å². The molecule has 0 saturated carbocycles. The Morgan fingerprint density at radius 3 is 3.09 bits per heavy atom. The lowest BCUT2D eigenvalue weighted by molar-refractivity contribution is 0.183. The Morgan fingerprint density at radius 2 is 2.27 bits per heavy atom. The largest absolute Gasteiger partial charge is 0.383 e. The summed E-state index contributed by atoms with van der Waals surface area (Å²) in [5.41, 5.74) is 4.53. The molecule has 0 aromatic carbocycles. The Balaban J connectivity index is 1.94. The molecule has 3 heterocycles. The van der Waals surface area contributed by atoms with Crippen molar-refractivity contribution < 1.29 is 9.57 Å². The van der Waals surface area contributed by atoms with Gasteiger partial charge in [-0.1, -0.05) is 5.21 Å². The third-order valence-corrected chi connectivity index (χ3v) is 2.89. The number of hydrogen-bond donors (Lipinski definition) is 2. The molecule has 0 radical (unpaired) electrons. The van der Waals surface area contributed by atoms with Gasteiger partial charge in [-0.05, 0) is 6.92 Å². The van der Waals surface area contributed by atoms with Crippen LogP contribution in [0.5, 0.6) is 0 Å². The summed E-state index contributed by atoms with van der Waals surface area (Å²) in [4.78, 5) is 21.1. The number of hydrogen-bond acceptors (Lipinski definition) is 8. The van der Waals surface area contributed by atoms with Gasteiger partial charge < -0.3 is 9.72 Å². The fourth-order valence-corrected chi connectivity index (χ4v) is 1.86. The van der Waals surface area contributed by atoms with E-state index in [9.17, 15) is 0 Å². The van der Waals surface area contributed by atoms with Gasteiger partial charge in [0.2, 0.25) is 0 Å². The molecular weight excluding hydrogens is 288 g/mol. The standard InChI is InChI=1S/C12H16N8O2/c1-3-22-18-12-9-11(14-7-13-9)15-10(16-12)8-6-20(19-17-8)4-5-21-2/h6-7H,3-5H2,1-2H3,(H2,13,14,15,16,18). The van der Waals surface area contributed by atoms with Gasteiger partial charge in [0.05, 0.1) is 32.3 Å². The van der Waals surface area contributed by atoms with Crippen LogP contribution in [-0.4, -0.2) is 55.3 Å². The summed E-state index contributed by atoms with van der Waals surface area (Å²) in [5.74, 6) is 0.927. The molecule has 116 valence electrons. The number of methoxy groups -OCH3 is 1. The van der Waals surface area contributed by atoms with Crippen LogP contribution in [0.25, 0.3) is 22.7 Å². The molecule has 0 aliphatic rings. The Kier molecular flexibility index (Phi) is 4.21. The predicted molar refractivity (Wildman–Crippen MR) is 77.8 cm³/mol. The van der Waals surface area contributed by atoms with E-state index >= 15 is 0 Å². The van der Waals surface area contributed by atoms with Gasteiger partial charge in [-0.2, -0.15) is 0 Å². The number of aromatic nitrogens is 7. The van der Waals surface area contributed by atoms with Crippen LogP contribution in [0.3, 0.4) is 0 Å². The molecule has 3 aromatic rings. The van der Waals surface area contributed by atoms with Crippen LogP contribution in [0.2, 0.25) is 0 Å². The lowest BCUT2D eigenvalue weighted by Crippen LogP contribution is -2.05. The molecule has 0 aliphatic carbocycles. The van der Waals surface area contributed by atoms with Crippen LogP contribution in [-0.2, 0) is 16.1 Å². The number of imidazole rings is 1. The van der Waals surface area contributed by atoms with Gasteiger partial charge in [-0.15, -0.1) is 5.10 Å². The highest BCUT2D eigenvalue weighted by Gasteiger charge is 2.14. The van der Waals surface area contributed by atoms with Gasteiger partial charge in [0.1, 0.15) is 5.52 Å². The minimum absolute atomic E-state index is 0.422. The van der Waals surface area contributed by atoms with E-state index in [0.29, 0.717) is 48.3 Å². The van der Waals surface area contributed by atoms with E-state index in [-0.39, 0.29) is 0 Å². The third kappa shape index (κ3) is 2.87. The fraction of sp³-hybridized carbons (Fsp3) is 0.417. The van der Waals surface area contributed by atoms with Crippen LogP contribution in [0.15, 0.2) is 12.5 Å². The number of H-pyrrole nitrogens is 1. The van der Waals surface area contributed by atoms with Crippen molar-refractivity contribution >= 4 is 17.0 Å². The number of anilines is 1. The average molecular weight is 304 g/mol. The summed E-state index contributed by atoms with van der Waals surface area (Å²) < 4.78 is 6.68. The van der Waals surface area contributed by atoms with Gasteiger partial charge in [0.15, 0.2) is 23.0 Å². The summed E-state index contributed by atoms with van der Waals surface area (Å²) in [6, 6.07) is 0. The quantitative estimate of drug-likeness (QED) is 0.610. The minimum atomic E-state index is 0.422. The van der Waals surface area contributed by atoms with E-state index in [2.05, 4.69) is 35.7 Å². The molecule has 10 nitrogen and oxygen atoms in total. The molecular formula is C12H16N8O2. The second-order valence-corrected chi connectivity index (χ2v) is 4.39. The molecule has 0 bridgehead atoms. The van der Waals surface area contributed by atoms with Crippen molar-refractivity contribution in [1.29, 1.82) is 0 Å². The van der Waals surface area contributed by atoms with E-state index < -0.39 is 0 Å². The highest BCUT2D eigenvalue weighted by Crippen LogP contribution is 2.21. The van der Waals surface area contributed by atoms with Crippen LogP contribution in [0, 0.1) is 0 Å². The first-order chi connectivity index (χ1) is 10.8. The van der Waals surface area contributed by atoms with E-state index in [4.69, 9.17) is 9.57 Å². The lowest BCUT2D eigenvalue weighted by Gasteiger charge is -2.05. The number of fused-ring (bicyclic) bond motifs is 1. The lowest BCUT2D eigenvalue weighted by atomic mass is 10.4. The number of nitrogens with zero attached hydrogens (tertiary/aromatic N) is 6. The molecule has 0 amide bonds. The second kappa shape index (κ2) is 6.45. The summed E-state index contributed by atoms with van der Waals surface area (Å²) >= 11 is 0. The summed E-state index contributed by atoms with van der Waals surface area (Å²) in [7, 11) is 1.64. The highest BCUT2D eigenvalue weighted by atomic mass is 16.6. The molecule has 22 heavy (non-hydrogen) atoms. The van der Waals surface area contributed by atoms with Crippen LogP contribution >= 0.6 is 0 Å². The molecule has 0 fully saturated rings. The van der Waals surface area contributed by atoms with Crippen LogP contribution < -0.4 is 5.48 Å². The van der Waals surface area contributed by atoms with Crippen LogP contribution in [0.4, 0.5) is 5.82 Å². The maximum atomic E-state index is 5.20. The highest BCUT2D eigenvalue weighted by molar-refractivity contribution is 5.83. The van der Waals surface area contributed by atoms with E-state index in [1.165, 1.54) is 0 Å². The van der Waals surface area contributed by atoms with Crippen molar-refractivity contribution in [1.82, 2.24) is 34.9 Å². The van der Waals surface area contributed by atoms with Gasteiger partial charge in [-0.3, -0.25) is 4.84 Å². The number of aromatic amines is 1. The van der Waals surface area contributed by atoms with E-state index in [1.54, 1.807) is 24.3 Å². The monoisotopic (exact) mass is 304 g/mol. The van der Waals surface area contributed by atoms with Gasteiger partial charge in [0.25, 0.3) is 0 Å². The maximum Gasteiger partial charge on any atom is 0.186 e. The van der Waals surface area contributed by atoms with Crippen molar-refractivity contribution in [2.24, 2.45) is 0 Å². The van der Waals surface area contributed by atoms with Gasteiger partial charge >= 0.3 is 0 Å². The van der Waals surface area contributed by atoms with E-state index in [1.807, 2.05) is 6.92 Å². The second-order valence-electron chi connectivity index (χ2n) is 4.39. The Labute approximate surface area is 125 Å². The normalized spacial score (nSPS) is 11.2. The first-order valence-electron chi connectivity index (χ1n) is 6.80. The molecule has 2 N–H and O–H groups in total. The van der Waals surface area contributed by atoms with E-state index in [0.717, 1.165) is 0 Å². The van der Waals surface area contributed by atoms with Crippen molar-refractivity contribution in [3.05, 3.63) is 12.5 Å². The fourth-order valence-electron chi connectivity index (χ4n) is 1.86. The molecule has 0 spiro atoms. The maximum absolute atomic E-state index is 5.20. The summed E-state index contributed by atoms with van der Waals surface area (Å²) in [5, 5.41) is 8.09. The smallest absolute Gasteiger partial charge is 0.186 e. The number of ether oxygens (including phenoxy) is 1. The van der Waals surface area contributed by atoms with Crippen molar-refractivity contribution in [3.63, 3.8) is 0 Å². The van der Waals surface area contributed by atoms with Crippen molar-refractivity contribution in [3.8, 4) is 11.5 Å². The summed E-state index contributed by atoms with van der Waals surface area (Å²) in [6.07, 6.45) is 3.31. The third-order valence-electron chi connectivity index (χ3n) is 2.89. The first kappa shape index (κ1) is 14.4. The Hall–Kier alpha value is -2.59. The zero-order chi connectivity index (χ0) is 15.4. The summed E-state index contributed by atoms with van der Waals surface area (Å²) in [6.45, 7) is 3.54. The number of nitrogens with one attached hydrogen (secondary N) is 2. The zero-order valence-corrected chi connectivity index (χ0v) is 12.3. The molecule has 3 rings (SSSR count). The predicted octanol–water partition coefficient (Wildman–Crippen LogP) is 0.621. The molecule has 3 aromatic heterocycles. The molecule has 0 unspecified atom stereocenters. The molecule has 0 atom stereocenters. The Morgan fingerprint density at radius 1 is 1.36 bits per heavy atom. The van der Waals surface area contributed by atoms with Gasteiger partial charge in [-0.25, -0.2) is 25.1 Å². The molecule has 10 heteroatoms. The van der Waals surface area contributed by atoms with Gasteiger partial charge in [0, 0.05) is 7.11 Å². The van der Waals surface area contributed by atoms with Crippen LogP contribution in [0.1, 0.15) is 6.92 Å². The zero-order valence-electron chi connectivity index (χ0n) is 12.3. The topological polar surface area (TPSA) is 116 Å². The Bertz CT molecular complexity index is 753. The molecule has 0 aliphatic heterocycles. The first-order valence-corrected chi connectivity index (χ1v) is 6.80. The van der Waals surface area contributed by atoms with Crippen molar-refractivity contribution in [2.45, 2.75) is 13.5 Å².